The molecule has 1 heterocycles. The molecule has 4 heteroatoms. The van der Waals surface area contributed by atoms with Crippen LogP contribution < -0.4 is 5.32 Å². The minimum Gasteiger partial charge on any atom is -0.399 e. The maximum atomic E-state index is 4.77. The normalized spacial score (nSPS) is 17.4. The molecule has 0 atom stereocenters. The van der Waals surface area contributed by atoms with Gasteiger partial charge in [-0.15, -0.1) is 12.4 Å². The second-order valence-electron chi connectivity index (χ2n) is 2.77. The molecule has 0 aliphatic carbocycles. The summed E-state index contributed by atoms with van der Waals surface area (Å²) in [6.45, 7) is 4.09. The van der Waals surface area contributed by atoms with Crippen molar-refractivity contribution in [2.24, 2.45) is 5.16 Å². The monoisotopic (exact) mass is 204 g/mol. The first kappa shape index (κ1) is 12.5. The van der Waals surface area contributed by atoms with Gasteiger partial charge in [0.2, 0.25) is 0 Å². The summed E-state index contributed by atoms with van der Waals surface area (Å²) >= 11 is 0. The maximum Gasteiger partial charge on any atom is 0.106 e. The standard InChI is InChI=1S/C9H16N2O.ClH/c1-3-9(11-12-2)8-5-4-6-10-7-8;/h5,10H,3-4,6-7H2,1-2H3;1H. The molecule has 3 nitrogen and oxygen atoms in total. The first-order chi connectivity index (χ1) is 5.88. The molecule has 1 aliphatic rings. The molecule has 76 valence electrons. The molecule has 13 heavy (non-hydrogen) atoms. The van der Waals surface area contributed by atoms with E-state index in [1.807, 2.05) is 0 Å². The van der Waals surface area contributed by atoms with Crippen molar-refractivity contribution in [3.05, 3.63) is 11.6 Å². The molecule has 0 saturated heterocycles. The number of rotatable bonds is 3. The van der Waals surface area contributed by atoms with Gasteiger partial charge in [0.15, 0.2) is 0 Å². The average molecular weight is 205 g/mol. The van der Waals surface area contributed by atoms with E-state index in [4.69, 9.17) is 4.84 Å². The van der Waals surface area contributed by atoms with Crippen LogP contribution in [0.1, 0.15) is 19.8 Å². The third-order valence-corrected chi connectivity index (χ3v) is 1.93. The largest absolute Gasteiger partial charge is 0.399 e. The summed E-state index contributed by atoms with van der Waals surface area (Å²) in [5, 5.41) is 7.28. The van der Waals surface area contributed by atoms with Crippen LogP contribution in [0, 0.1) is 0 Å². The Kier molecular flexibility index (Phi) is 6.63. The summed E-state index contributed by atoms with van der Waals surface area (Å²) in [4.78, 5) is 4.77. The van der Waals surface area contributed by atoms with Gasteiger partial charge in [0.25, 0.3) is 0 Å². The first-order valence-electron chi connectivity index (χ1n) is 4.38. The van der Waals surface area contributed by atoms with E-state index < -0.39 is 0 Å². The summed E-state index contributed by atoms with van der Waals surface area (Å²) in [5.41, 5.74) is 2.34. The molecule has 0 aromatic rings. The molecule has 1 rings (SSSR count). The second-order valence-corrected chi connectivity index (χ2v) is 2.77. The van der Waals surface area contributed by atoms with Crippen LogP contribution in [-0.4, -0.2) is 25.9 Å². The second kappa shape index (κ2) is 6.92. The van der Waals surface area contributed by atoms with Crippen LogP contribution in [0.5, 0.6) is 0 Å². The van der Waals surface area contributed by atoms with Crippen molar-refractivity contribution in [2.75, 3.05) is 20.2 Å². The maximum absolute atomic E-state index is 4.77. The Bertz CT molecular complexity index is 196. The molecule has 1 N–H and O–H groups in total. The van der Waals surface area contributed by atoms with E-state index in [9.17, 15) is 0 Å². The molecular formula is C9H17ClN2O. The molecule has 0 aromatic carbocycles. The number of oxime groups is 1. The number of nitrogens with one attached hydrogen (secondary N) is 1. The summed E-state index contributed by atoms with van der Waals surface area (Å²) < 4.78 is 0. The van der Waals surface area contributed by atoms with Crippen LogP contribution in [0.3, 0.4) is 0 Å². The van der Waals surface area contributed by atoms with E-state index >= 15 is 0 Å². The fourth-order valence-corrected chi connectivity index (χ4v) is 1.32. The van der Waals surface area contributed by atoms with Crippen LogP contribution in [0.4, 0.5) is 0 Å². The van der Waals surface area contributed by atoms with E-state index in [1.165, 1.54) is 5.57 Å². The van der Waals surface area contributed by atoms with Gasteiger partial charge >= 0.3 is 0 Å². The highest BCUT2D eigenvalue weighted by molar-refractivity contribution is 6.00. The van der Waals surface area contributed by atoms with Gasteiger partial charge in [-0.1, -0.05) is 18.2 Å². The van der Waals surface area contributed by atoms with Crippen molar-refractivity contribution in [1.29, 1.82) is 0 Å². The lowest BCUT2D eigenvalue weighted by molar-refractivity contribution is 0.212. The number of nitrogens with zero attached hydrogens (tertiary/aromatic N) is 1. The summed E-state index contributed by atoms with van der Waals surface area (Å²) in [7, 11) is 1.59. The van der Waals surface area contributed by atoms with Gasteiger partial charge in [-0.2, -0.15) is 0 Å². The Balaban J connectivity index is 0.00000144. The van der Waals surface area contributed by atoms with Crippen LogP contribution >= 0.6 is 12.4 Å². The lowest BCUT2D eigenvalue weighted by Gasteiger charge is -2.14. The Labute approximate surface area is 85.6 Å². The van der Waals surface area contributed by atoms with Gasteiger partial charge < -0.3 is 10.2 Å². The predicted octanol–water partition coefficient (Wildman–Crippen LogP) is 1.74. The van der Waals surface area contributed by atoms with Gasteiger partial charge in [0.1, 0.15) is 7.11 Å². The number of hydrogen-bond acceptors (Lipinski definition) is 3. The topological polar surface area (TPSA) is 33.6 Å². The third kappa shape index (κ3) is 3.79. The van der Waals surface area contributed by atoms with Crippen LogP contribution in [-0.2, 0) is 4.84 Å². The van der Waals surface area contributed by atoms with Crippen LogP contribution in [0.2, 0.25) is 0 Å². The molecule has 0 saturated carbocycles. The molecular weight excluding hydrogens is 188 g/mol. The van der Waals surface area contributed by atoms with E-state index in [-0.39, 0.29) is 12.4 Å². The Morgan fingerprint density at radius 2 is 2.46 bits per heavy atom. The highest BCUT2D eigenvalue weighted by Gasteiger charge is 2.08. The van der Waals surface area contributed by atoms with Gasteiger partial charge in [0, 0.05) is 6.54 Å². The lowest BCUT2D eigenvalue weighted by atomic mass is 10.0. The van der Waals surface area contributed by atoms with Crippen LogP contribution in [0.25, 0.3) is 0 Å². The van der Waals surface area contributed by atoms with Gasteiger partial charge in [-0.3, -0.25) is 0 Å². The molecule has 0 spiro atoms. The Hall–Kier alpha value is -0.540. The van der Waals surface area contributed by atoms with Crippen molar-refractivity contribution in [2.45, 2.75) is 19.8 Å². The molecule has 0 amide bonds. The van der Waals surface area contributed by atoms with Gasteiger partial charge in [-0.05, 0) is 25.0 Å². The van der Waals surface area contributed by atoms with E-state index in [1.54, 1.807) is 7.11 Å². The highest BCUT2D eigenvalue weighted by atomic mass is 35.5. The number of halogens is 1. The SMILES string of the molecule is CCC(=NOC)C1=CCCNC1.Cl. The van der Waals surface area contributed by atoms with E-state index in [2.05, 4.69) is 23.5 Å². The fraction of sp³-hybridized carbons (Fsp3) is 0.667. The van der Waals surface area contributed by atoms with E-state index in [0.717, 1.165) is 31.6 Å². The van der Waals surface area contributed by atoms with Gasteiger partial charge in [0.05, 0.1) is 5.71 Å². The van der Waals surface area contributed by atoms with Crippen LogP contribution in [0.15, 0.2) is 16.8 Å². The average Bonchev–Trinajstić information content (AvgIpc) is 2.15. The minimum atomic E-state index is 0. The molecule has 0 bridgehead atoms. The van der Waals surface area contributed by atoms with Crippen molar-refractivity contribution in [1.82, 2.24) is 5.32 Å². The number of hydrogen-bond donors (Lipinski definition) is 1. The lowest BCUT2D eigenvalue weighted by Crippen LogP contribution is -2.25. The summed E-state index contributed by atoms with van der Waals surface area (Å²) in [5.74, 6) is 0. The third-order valence-electron chi connectivity index (χ3n) is 1.93. The molecule has 0 aromatic heterocycles. The zero-order chi connectivity index (χ0) is 8.81. The summed E-state index contributed by atoms with van der Waals surface area (Å²) in [6, 6.07) is 0. The smallest absolute Gasteiger partial charge is 0.106 e. The molecule has 1 aliphatic heterocycles. The first-order valence-corrected chi connectivity index (χ1v) is 4.38. The van der Waals surface area contributed by atoms with Crippen molar-refractivity contribution >= 4 is 18.1 Å². The van der Waals surface area contributed by atoms with Crippen molar-refractivity contribution < 1.29 is 4.84 Å². The van der Waals surface area contributed by atoms with Gasteiger partial charge in [-0.25, -0.2) is 0 Å². The quantitative estimate of drug-likeness (QED) is 0.561. The zero-order valence-electron chi connectivity index (χ0n) is 8.17. The highest BCUT2D eigenvalue weighted by Crippen LogP contribution is 2.06. The molecule has 0 unspecified atom stereocenters. The Morgan fingerprint density at radius 1 is 1.69 bits per heavy atom. The zero-order valence-corrected chi connectivity index (χ0v) is 8.99. The van der Waals surface area contributed by atoms with Crippen molar-refractivity contribution in [3.63, 3.8) is 0 Å². The summed E-state index contributed by atoms with van der Waals surface area (Å²) in [6.07, 6.45) is 4.26. The molecule has 0 fully saturated rings. The predicted molar refractivity (Wildman–Crippen MR) is 57.6 cm³/mol. The Morgan fingerprint density at radius 3 is 2.92 bits per heavy atom. The van der Waals surface area contributed by atoms with Crippen molar-refractivity contribution in [3.8, 4) is 0 Å². The molecule has 0 radical (unpaired) electrons. The van der Waals surface area contributed by atoms with E-state index in [0.29, 0.717) is 0 Å². The fourth-order valence-electron chi connectivity index (χ4n) is 1.32. The minimum absolute atomic E-state index is 0.